The van der Waals surface area contributed by atoms with Gasteiger partial charge in [0.2, 0.25) is 0 Å². The maximum atomic E-state index is 8.90. The molecule has 0 radical (unpaired) electrons. The maximum Gasteiger partial charge on any atom is 0.127 e. The highest BCUT2D eigenvalue weighted by Gasteiger charge is 2.00. The van der Waals surface area contributed by atoms with Crippen LogP contribution in [0.4, 0.5) is 0 Å². The van der Waals surface area contributed by atoms with Gasteiger partial charge in [-0.1, -0.05) is 6.92 Å². The highest BCUT2D eigenvalue weighted by Crippen LogP contribution is 2.16. The molecular formula is C9H13NO2. The van der Waals surface area contributed by atoms with E-state index in [2.05, 4.69) is 4.98 Å². The summed E-state index contributed by atoms with van der Waals surface area (Å²) in [4.78, 5) is 3.88. The second-order valence-corrected chi connectivity index (χ2v) is 2.49. The molecule has 3 heteroatoms. The quantitative estimate of drug-likeness (QED) is 0.736. The molecule has 3 nitrogen and oxygen atoms in total. The summed E-state index contributed by atoms with van der Waals surface area (Å²) in [7, 11) is 0. The Kier molecular flexibility index (Phi) is 3.54. The van der Waals surface area contributed by atoms with E-state index >= 15 is 0 Å². The van der Waals surface area contributed by atoms with Crippen LogP contribution in [-0.2, 0) is 6.61 Å². The van der Waals surface area contributed by atoms with E-state index in [1.165, 1.54) is 0 Å². The fraction of sp³-hybridized carbons (Fsp3) is 0.444. The third kappa shape index (κ3) is 2.20. The van der Waals surface area contributed by atoms with Gasteiger partial charge in [-0.15, -0.1) is 0 Å². The SMILES string of the molecule is CCCOc1ccncc1CO. The average Bonchev–Trinajstić information content (AvgIpc) is 2.15. The lowest BCUT2D eigenvalue weighted by atomic mass is 10.3. The molecule has 0 bridgehead atoms. The zero-order chi connectivity index (χ0) is 8.81. The highest BCUT2D eigenvalue weighted by molar-refractivity contribution is 5.29. The molecule has 1 aromatic heterocycles. The molecule has 1 rings (SSSR count). The van der Waals surface area contributed by atoms with Crippen LogP contribution < -0.4 is 4.74 Å². The van der Waals surface area contributed by atoms with Gasteiger partial charge in [-0.3, -0.25) is 4.98 Å². The van der Waals surface area contributed by atoms with Crippen LogP contribution in [-0.4, -0.2) is 16.7 Å². The maximum absolute atomic E-state index is 8.90. The number of nitrogens with zero attached hydrogens (tertiary/aromatic N) is 1. The summed E-state index contributed by atoms with van der Waals surface area (Å²) in [6.45, 7) is 2.70. The first-order valence-corrected chi connectivity index (χ1v) is 4.05. The van der Waals surface area contributed by atoms with Crippen molar-refractivity contribution < 1.29 is 9.84 Å². The zero-order valence-electron chi connectivity index (χ0n) is 7.16. The van der Waals surface area contributed by atoms with Gasteiger partial charge in [0.1, 0.15) is 5.75 Å². The summed E-state index contributed by atoms with van der Waals surface area (Å²) in [5, 5.41) is 8.90. The predicted octanol–water partition coefficient (Wildman–Crippen LogP) is 1.36. The van der Waals surface area contributed by atoms with E-state index in [4.69, 9.17) is 9.84 Å². The molecule has 66 valence electrons. The van der Waals surface area contributed by atoms with E-state index in [1.807, 2.05) is 6.92 Å². The Hall–Kier alpha value is -1.09. The molecule has 1 heterocycles. The van der Waals surface area contributed by atoms with Crippen molar-refractivity contribution in [3.8, 4) is 5.75 Å². The molecule has 0 atom stereocenters. The van der Waals surface area contributed by atoms with Crippen molar-refractivity contribution in [1.82, 2.24) is 4.98 Å². The number of ether oxygens (including phenoxy) is 1. The topological polar surface area (TPSA) is 42.4 Å². The van der Waals surface area contributed by atoms with Gasteiger partial charge in [-0.25, -0.2) is 0 Å². The van der Waals surface area contributed by atoms with Gasteiger partial charge in [0.05, 0.1) is 13.2 Å². The number of rotatable bonds is 4. The smallest absolute Gasteiger partial charge is 0.127 e. The Morgan fingerprint density at radius 3 is 3.08 bits per heavy atom. The van der Waals surface area contributed by atoms with E-state index in [0.29, 0.717) is 6.61 Å². The fourth-order valence-electron chi connectivity index (χ4n) is 0.886. The largest absolute Gasteiger partial charge is 0.493 e. The van der Waals surface area contributed by atoms with Crippen molar-refractivity contribution in [2.24, 2.45) is 0 Å². The number of aliphatic hydroxyl groups is 1. The highest BCUT2D eigenvalue weighted by atomic mass is 16.5. The predicted molar refractivity (Wildman–Crippen MR) is 45.9 cm³/mol. The van der Waals surface area contributed by atoms with E-state index in [0.717, 1.165) is 17.7 Å². The molecule has 0 aliphatic carbocycles. The van der Waals surface area contributed by atoms with E-state index in [-0.39, 0.29) is 6.61 Å². The first-order valence-electron chi connectivity index (χ1n) is 4.05. The van der Waals surface area contributed by atoms with Crippen molar-refractivity contribution in [2.75, 3.05) is 6.61 Å². The van der Waals surface area contributed by atoms with Gasteiger partial charge in [0.15, 0.2) is 0 Å². The molecule has 0 unspecified atom stereocenters. The van der Waals surface area contributed by atoms with Crippen molar-refractivity contribution in [3.05, 3.63) is 24.0 Å². The zero-order valence-corrected chi connectivity index (χ0v) is 7.16. The molecule has 0 aromatic carbocycles. The molecule has 0 spiro atoms. The second kappa shape index (κ2) is 4.72. The Balaban J connectivity index is 2.68. The molecule has 12 heavy (non-hydrogen) atoms. The Morgan fingerprint density at radius 1 is 1.58 bits per heavy atom. The van der Waals surface area contributed by atoms with Crippen LogP contribution in [0.2, 0.25) is 0 Å². The minimum atomic E-state index is -0.0209. The Morgan fingerprint density at radius 2 is 2.42 bits per heavy atom. The molecule has 0 saturated carbocycles. The second-order valence-electron chi connectivity index (χ2n) is 2.49. The van der Waals surface area contributed by atoms with Crippen molar-refractivity contribution in [3.63, 3.8) is 0 Å². The molecular weight excluding hydrogens is 154 g/mol. The van der Waals surface area contributed by atoms with Gasteiger partial charge in [0.25, 0.3) is 0 Å². The monoisotopic (exact) mass is 167 g/mol. The van der Waals surface area contributed by atoms with Gasteiger partial charge < -0.3 is 9.84 Å². The molecule has 0 fully saturated rings. The summed E-state index contributed by atoms with van der Waals surface area (Å²) in [5.74, 6) is 0.731. The van der Waals surface area contributed by atoms with E-state index in [9.17, 15) is 0 Å². The number of aromatic nitrogens is 1. The standard InChI is InChI=1S/C9H13NO2/c1-2-5-12-9-3-4-10-6-8(9)7-11/h3-4,6,11H,2,5,7H2,1H3. The first-order chi connectivity index (χ1) is 5.88. The Labute approximate surface area is 72.0 Å². The lowest BCUT2D eigenvalue weighted by Gasteiger charge is -2.07. The molecule has 0 saturated heterocycles. The molecule has 1 N–H and O–H groups in total. The van der Waals surface area contributed by atoms with Gasteiger partial charge in [0, 0.05) is 18.0 Å². The lowest BCUT2D eigenvalue weighted by Crippen LogP contribution is -1.99. The van der Waals surface area contributed by atoms with Crippen LogP contribution in [0.1, 0.15) is 18.9 Å². The first kappa shape index (κ1) is 9.00. The van der Waals surface area contributed by atoms with E-state index < -0.39 is 0 Å². The summed E-state index contributed by atoms with van der Waals surface area (Å²) in [5.41, 5.74) is 0.742. The molecule has 0 aliphatic heterocycles. The van der Waals surface area contributed by atoms with Gasteiger partial charge >= 0.3 is 0 Å². The number of hydrogen-bond acceptors (Lipinski definition) is 3. The summed E-state index contributed by atoms with van der Waals surface area (Å²) >= 11 is 0. The van der Waals surface area contributed by atoms with Crippen LogP contribution in [0.3, 0.4) is 0 Å². The van der Waals surface area contributed by atoms with Crippen LogP contribution in [0.25, 0.3) is 0 Å². The molecule has 0 amide bonds. The molecule has 1 aromatic rings. The number of hydrogen-bond donors (Lipinski definition) is 1. The number of aliphatic hydroxyl groups excluding tert-OH is 1. The van der Waals surface area contributed by atoms with Crippen molar-refractivity contribution >= 4 is 0 Å². The van der Waals surface area contributed by atoms with Crippen LogP contribution in [0.5, 0.6) is 5.75 Å². The fourth-order valence-corrected chi connectivity index (χ4v) is 0.886. The van der Waals surface area contributed by atoms with Crippen LogP contribution in [0.15, 0.2) is 18.5 Å². The van der Waals surface area contributed by atoms with Crippen LogP contribution in [0, 0.1) is 0 Å². The van der Waals surface area contributed by atoms with Crippen LogP contribution >= 0.6 is 0 Å². The third-order valence-electron chi connectivity index (χ3n) is 1.49. The summed E-state index contributed by atoms with van der Waals surface area (Å²) in [6, 6.07) is 1.77. The third-order valence-corrected chi connectivity index (χ3v) is 1.49. The average molecular weight is 167 g/mol. The van der Waals surface area contributed by atoms with E-state index in [1.54, 1.807) is 18.5 Å². The minimum absolute atomic E-state index is 0.0209. The summed E-state index contributed by atoms with van der Waals surface area (Å²) < 4.78 is 5.38. The van der Waals surface area contributed by atoms with Crippen molar-refractivity contribution in [1.29, 1.82) is 0 Å². The molecule has 0 aliphatic rings. The Bertz CT molecular complexity index is 238. The van der Waals surface area contributed by atoms with Crippen molar-refractivity contribution in [2.45, 2.75) is 20.0 Å². The number of pyridine rings is 1. The summed E-state index contributed by atoms with van der Waals surface area (Å²) in [6.07, 6.45) is 4.24. The van der Waals surface area contributed by atoms with Gasteiger partial charge in [-0.05, 0) is 12.5 Å². The van der Waals surface area contributed by atoms with Gasteiger partial charge in [-0.2, -0.15) is 0 Å². The minimum Gasteiger partial charge on any atom is -0.493 e. The lowest BCUT2D eigenvalue weighted by molar-refractivity contribution is 0.262. The normalized spacial score (nSPS) is 9.83.